The fourth-order valence-corrected chi connectivity index (χ4v) is 3.49. The first-order valence-corrected chi connectivity index (χ1v) is 11.8. The third kappa shape index (κ3) is 6.76. The summed E-state index contributed by atoms with van der Waals surface area (Å²) in [4.78, 5) is 26.1. The van der Waals surface area contributed by atoms with E-state index in [1.165, 1.54) is 0 Å². The van der Waals surface area contributed by atoms with Crippen LogP contribution in [0.5, 0.6) is 17.2 Å². The average molecular weight is 477 g/mol. The lowest BCUT2D eigenvalue weighted by atomic mass is 10.1. The molecule has 3 aromatic carbocycles. The van der Waals surface area contributed by atoms with E-state index in [-0.39, 0.29) is 5.91 Å². The predicted octanol–water partition coefficient (Wildman–Crippen LogP) is 5.37. The normalized spacial score (nSPS) is 10.4. The smallest absolute Gasteiger partial charge is 0.255 e. The number of hydrogen-bond donors (Lipinski definition) is 2. The van der Waals surface area contributed by atoms with Gasteiger partial charge in [0.05, 0.1) is 31.1 Å². The molecule has 0 saturated heterocycles. The minimum atomic E-state index is -0.395. The fourth-order valence-electron chi connectivity index (χ4n) is 3.49. The van der Waals surface area contributed by atoms with Crippen molar-refractivity contribution in [2.75, 3.05) is 25.1 Å². The molecule has 2 amide bonds. The number of rotatable bonds is 11. The minimum Gasteiger partial charge on any atom is -0.490 e. The zero-order valence-corrected chi connectivity index (χ0v) is 20.6. The van der Waals surface area contributed by atoms with Crippen LogP contribution in [0.1, 0.15) is 52.6 Å². The standard InChI is InChI=1S/C28H32N2O5/c1-5-33-24-16-21(17-25(34-6-2)26(24)35-7-3)27(31)30-23-11-9-8-10-22(23)28(32)29-18-20-14-12-19(4)13-15-20/h8-17H,5-7,18H2,1-4H3,(H,29,32)(H,30,31). The number of amides is 2. The molecule has 3 aromatic rings. The Morgan fingerprint density at radius 2 is 1.37 bits per heavy atom. The van der Waals surface area contributed by atoms with E-state index in [4.69, 9.17) is 14.2 Å². The lowest BCUT2D eigenvalue weighted by molar-refractivity contribution is 0.0951. The molecule has 0 aliphatic rings. The number of benzene rings is 3. The molecule has 2 N–H and O–H groups in total. The largest absolute Gasteiger partial charge is 0.490 e. The van der Waals surface area contributed by atoms with Gasteiger partial charge in [-0.2, -0.15) is 0 Å². The maximum atomic E-state index is 13.2. The van der Waals surface area contributed by atoms with Crippen molar-refractivity contribution in [3.05, 3.63) is 82.9 Å². The first-order valence-electron chi connectivity index (χ1n) is 11.8. The molecule has 3 rings (SSSR count). The van der Waals surface area contributed by atoms with Crippen molar-refractivity contribution < 1.29 is 23.8 Å². The summed E-state index contributed by atoms with van der Waals surface area (Å²) in [5, 5.41) is 5.77. The number of para-hydroxylation sites is 1. The van der Waals surface area contributed by atoms with E-state index in [0.29, 0.717) is 60.4 Å². The molecule has 0 radical (unpaired) electrons. The van der Waals surface area contributed by atoms with Gasteiger partial charge in [-0.15, -0.1) is 0 Å². The Morgan fingerprint density at radius 1 is 0.771 bits per heavy atom. The molecule has 0 atom stereocenters. The summed E-state index contributed by atoms with van der Waals surface area (Å²) in [6, 6.07) is 18.1. The van der Waals surface area contributed by atoms with E-state index in [2.05, 4.69) is 10.6 Å². The van der Waals surface area contributed by atoms with Gasteiger partial charge < -0.3 is 24.8 Å². The predicted molar refractivity (Wildman–Crippen MR) is 137 cm³/mol. The molecule has 0 spiro atoms. The van der Waals surface area contributed by atoms with Gasteiger partial charge in [-0.1, -0.05) is 42.0 Å². The summed E-state index contributed by atoms with van der Waals surface area (Å²) in [6.07, 6.45) is 0. The maximum Gasteiger partial charge on any atom is 0.255 e. The molecule has 7 nitrogen and oxygen atoms in total. The van der Waals surface area contributed by atoms with Crippen molar-refractivity contribution in [2.24, 2.45) is 0 Å². The van der Waals surface area contributed by atoms with Gasteiger partial charge in [0, 0.05) is 12.1 Å². The van der Waals surface area contributed by atoms with E-state index >= 15 is 0 Å². The highest BCUT2D eigenvalue weighted by Crippen LogP contribution is 2.39. The molecule has 0 aliphatic heterocycles. The average Bonchev–Trinajstić information content (AvgIpc) is 2.86. The van der Waals surface area contributed by atoms with Gasteiger partial charge >= 0.3 is 0 Å². The van der Waals surface area contributed by atoms with Crippen LogP contribution >= 0.6 is 0 Å². The lowest BCUT2D eigenvalue weighted by Gasteiger charge is -2.17. The Bertz CT molecular complexity index is 1130. The van der Waals surface area contributed by atoms with E-state index < -0.39 is 5.91 Å². The molecule has 0 fully saturated rings. The number of anilines is 1. The van der Waals surface area contributed by atoms with Gasteiger partial charge in [-0.05, 0) is 57.5 Å². The summed E-state index contributed by atoms with van der Waals surface area (Å²) in [5.41, 5.74) is 3.25. The summed E-state index contributed by atoms with van der Waals surface area (Å²) in [6.45, 7) is 9.21. The first-order chi connectivity index (χ1) is 17.0. The molecule has 0 heterocycles. The Hall–Kier alpha value is -4.00. The van der Waals surface area contributed by atoms with Crippen molar-refractivity contribution in [2.45, 2.75) is 34.2 Å². The third-order valence-corrected chi connectivity index (χ3v) is 5.16. The number of aryl methyl sites for hydroxylation is 1. The fraction of sp³-hybridized carbons (Fsp3) is 0.286. The lowest BCUT2D eigenvalue weighted by Crippen LogP contribution is -2.25. The Morgan fingerprint density at radius 3 is 1.97 bits per heavy atom. The third-order valence-electron chi connectivity index (χ3n) is 5.16. The highest BCUT2D eigenvalue weighted by molar-refractivity contribution is 6.09. The van der Waals surface area contributed by atoms with Crippen LogP contribution in [0.4, 0.5) is 5.69 Å². The van der Waals surface area contributed by atoms with Crippen LogP contribution in [0, 0.1) is 6.92 Å². The van der Waals surface area contributed by atoms with Crippen molar-refractivity contribution in [3.63, 3.8) is 0 Å². The van der Waals surface area contributed by atoms with Crippen molar-refractivity contribution in [3.8, 4) is 17.2 Å². The molecular weight excluding hydrogens is 444 g/mol. The van der Waals surface area contributed by atoms with Crippen LogP contribution in [0.3, 0.4) is 0 Å². The van der Waals surface area contributed by atoms with Gasteiger partial charge in [-0.3, -0.25) is 9.59 Å². The van der Waals surface area contributed by atoms with Crippen molar-refractivity contribution >= 4 is 17.5 Å². The number of ether oxygens (including phenoxy) is 3. The summed E-state index contributed by atoms with van der Waals surface area (Å²) in [7, 11) is 0. The van der Waals surface area contributed by atoms with Gasteiger partial charge in [0.15, 0.2) is 11.5 Å². The Kier molecular flexibility index (Phi) is 9.12. The first kappa shape index (κ1) is 25.6. The maximum absolute atomic E-state index is 13.2. The monoisotopic (exact) mass is 476 g/mol. The highest BCUT2D eigenvalue weighted by atomic mass is 16.5. The SMILES string of the molecule is CCOc1cc(C(=O)Nc2ccccc2C(=O)NCc2ccc(C)cc2)cc(OCC)c1OCC. The molecular formula is C28H32N2O5. The van der Waals surface area contributed by atoms with Crippen LogP contribution in [-0.4, -0.2) is 31.6 Å². The van der Waals surface area contributed by atoms with E-state index in [1.54, 1.807) is 36.4 Å². The van der Waals surface area contributed by atoms with Gasteiger partial charge in [0.25, 0.3) is 11.8 Å². The molecule has 184 valence electrons. The molecule has 0 aliphatic carbocycles. The molecule has 0 bridgehead atoms. The summed E-state index contributed by atoms with van der Waals surface area (Å²) in [5.74, 6) is 0.639. The molecule has 0 aromatic heterocycles. The van der Waals surface area contributed by atoms with Gasteiger partial charge in [-0.25, -0.2) is 0 Å². The zero-order valence-electron chi connectivity index (χ0n) is 20.6. The van der Waals surface area contributed by atoms with Crippen LogP contribution in [0.15, 0.2) is 60.7 Å². The van der Waals surface area contributed by atoms with Gasteiger partial charge in [0.2, 0.25) is 5.75 Å². The summed E-state index contributed by atoms with van der Waals surface area (Å²) < 4.78 is 17.1. The number of hydrogen-bond acceptors (Lipinski definition) is 5. The number of carbonyl (C=O) groups is 2. The molecule has 0 unspecified atom stereocenters. The highest BCUT2D eigenvalue weighted by Gasteiger charge is 2.20. The minimum absolute atomic E-state index is 0.279. The molecule has 35 heavy (non-hydrogen) atoms. The van der Waals surface area contributed by atoms with Crippen molar-refractivity contribution in [1.82, 2.24) is 5.32 Å². The Balaban J connectivity index is 1.82. The Labute approximate surface area is 206 Å². The second kappa shape index (κ2) is 12.5. The van der Waals surface area contributed by atoms with E-state index in [1.807, 2.05) is 52.0 Å². The molecule has 0 saturated carbocycles. The van der Waals surface area contributed by atoms with Gasteiger partial charge in [0.1, 0.15) is 0 Å². The second-order valence-corrected chi connectivity index (χ2v) is 7.77. The number of carbonyl (C=O) groups excluding carboxylic acids is 2. The second-order valence-electron chi connectivity index (χ2n) is 7.77. The van der Waals surface area contributed by atoms with E-state index in [0.717, 1.165) is 11.1 Å². The number of nitrogens with one attached hydrogen (secondary N) is 2. The van der Waals surface area contributed by atoms with Crippen LogP contribution in [0.25, 0.3) is 0 Å². The van der Waals surface area contributed by atoms with E-state index in [9.17, 15) is 9.59 Å². The van der Waals surface area contributed by atoms with Crippen molar-refractivity contribution in [1.29, 1.82) is 0 Å². The van der Waals surface area contributed by atoms with Crippen LogP contribution in [0.2, 0.25) is 0 Å². The van der Waals surface area contributed by atoms with Crippen LogP contribution in [-0.2, 0) is 6.54 Å². The zero-order chi connectivity index (χ0) is 25.2. The quantitative estimate of drug-likeness (QED) is 0.388. The van der Waals surface area contributed by atoms with Crippen LogP contribution < -0.4 is 24.8 Å². The molecule has 7 heteroatoms. The topological polar surface area (TPSA) is 85.9 Å². The summed E-state index contributed by atoms with van der Waals surface area (Å²) >= 11 is 0.